The van der Waals surface area contributed by atoms with Crippen molar-refractivity contribution >= 4 is 5.97 Å². The first-order chi connectivity index (χ1) is 8.56. The van der Waals surface area contributed by atoms with Crippen LogP contribution in [0.3, 0.4) is 0 Å². The van der Waals surface area contributed by atoms with Gasteiger partial charge in [0.2, 0.25) is 0 Å². The summed E-state index contributed by atoms with van der Waals surface area (Å²) in [5, 5.41) is 8.72. The van der Waals surface area contributed by atoms with E-state index in [0.717, 1.165) is 11.8 Å². The molecule has 1 aromatic carbocycles. The zero-order chi connectivity index (χ0) is 13.1. The van der Waals surface area contributed by atoms with Crippen LogP contribution < -0.4 is 0 Å². The average molecular weight is 248 g/mol. The van der Waals surface area contributed by atoms with E-state index in [-0.39, 0.29) is 23.3 Å². The van der Waals surface area contributed by atoms with Gasteiger partial charge in [0.05, 0.1) is 0 Å². The van der Waals surface area contributed by atoms with E-state index in [0.29, 0.717) is 6.42 Å². The minimum Gasteiger partial charge on any atom is -0.476 e. The van der Waals surface area contributed by atoms with E-state index >= 15 is 0 Å². The summed E-state index contributed by atoms with van der Waals surface area (Å²) in [5.41, 5.74) is 0.740. The molecule has 4 nitrogen and oxygen atoms in total. The lowest BCUT2D eigenvalue weighted by Gasteiger charge is -2.06. The molecule has 0 fully saturated rings. The van der Waals surface area contributed by atoms with Crippen LogP contribution in [0.25, 0.3) is 0 Å². The second-order valence-electron chi connectivity index (χ2n) is 3.90. The first-order valence-electron chi connectivity index (χ1n) is 5.32. The summed E-state index contributed by atoms with van der Waals surface area (Å²) in [5.74, 6) is -1.50. The van der Waals surface area contributed by atoms with Crippen LogP contribution in [-0.4, -0.2) is 16.1 Å². The third kappa shape index (κ3) is 2.74. The van der Waals surface area contributed by atoms with Gasteiger partial charge in [0.25, 0.3) is 0 Å². The zero-order valence-electron chi connectivity index (χ0n) is 9.47. The van der Waals surface area contributed by atoms with Crippen LogP contribution in [0.1, 0.15) is 27.9 Å². The maximum atomic E-state index is 12.7. The Kier molecular flexibility index (Phi) is 3.41. The second kappa shape index (κ2) is 5.00. The van der Waals surface area contributed by atoms with Crippen LogP contribution in [-0.2, 0) is 6.42 Å². The van der Waals surface area contributed by atoms with Crippen molar-refractivity contribution in [3.63, 3.8) is 0 Å². The van der Waals surface area contributed by atoms with E-state index in [1.54, 1.807) is 12.1 Å². The molecule has 0 amide bonds. The molecule has 0 saturated heterocycles. The van der Waals surface area contributed by atoms with Crippen molar-refractivity contribution in [2.75, 3.05) is 0 Å². The Labute approximate surface area is 103 Å². The number of aromatic carboxylic acids is 1. The second-order valence-corrected chi connectivity index (χ2v) is 3.90. The Balaban J connectivity index is 2.09. The van der Waals surface area contributed by atoms with Crippen molar-refractivity contribution in [3.05, 3.63) is 60.4 Å². The van der Waals surface area contributed by atoms with E-state index in [9.17, 15) is 9.18 Å². The molecule has 0 bridgehead atoms. The fraction of sp³-hybridized carbons (Fsp3) is 0.154. The fourth-order valence-electron chi connectivity index (χ4n) is 1.57. The maximum absolute atomic E-state index is 12.7. The highest BCUT2D eigenvalue weighted by Crippen LogP contribution is 2.19. The Morgan fingerprint density at radius 2 is 2.11 bits per heavy atom. The molecule has 0 spiro atoms. The van der Waals surface area contributed by atoms with Gasteiger partial charge in [-0.25, -0.2) is 14.2 Å². The molecule has 1 atom stereocenters. The molecule has 1 N–H and O–H groups in total. The van der Waals surface area contributed by atoms with Crippen LogP contribution in [0.15, 0.2) is 34.9 Å². The van der Waals surface area contributed by atoms with Gasteiger partial charge in [0.15, 0.2) is 11.6 Å². The molecular formula is C13H11FNO3. The number of rotatable bonds is 4. The molecule has 0 aliphatic carbocycles. The summed E-state index contributed by atoms with van der Waals surface area (Å²) >= 11 is 0. The smallest absolute Gasteiger partial charge is 0.357 e. The van der Waals surface area contributed by atoms with Crippen LogP contribution in [0.5, 0.6) is 0 Å². The monoisotopic (exact) mass is 248 g/mol. The molecule has 93 valence electrons. The normalized spacial score (nSPS) is 12.3. The van der Waals surface area contributed by atoms with E-state index < -0.39 is 5.97 Å². The molecule has 2 aromatic rings. The summed E-state index contributed by atoms with van der Waals surface area (Å²) in [6.45, 7) is 3.86. The van der Waals surface area contributed by atoms with Crippen LogP contribution >= 0.6 is 0 Å². The number of oxazole rings is 1. The fourth-order valence-corrected chi connectivity index (χ4v) is 1.57. The van der Waals surface area contributed by atoms with Gasteiger partial charge in [0.1, 0.15) is 12.1 Å². The standard InChI is InChI=1S/C13H11FNO3/c1-8(6-9-2-4-10(14)5-3-9)12-15-11(7-18-12)13(16)17/h2-5,7-8H,1,6H2,(H,16,17). The predicted octanol–water partition coefficient (Wildman–Crippen LogP) is 2.67. The lowest BCUT2D eigenvalue weighted by molar-refractivity contribution is 0.0690. The first kappa shape index (κ1) is 12.3. The number of carboxylic acids is 1. The van der Waals surface area contributed by atoms with Gasteiger partial charge in [-0.1, -0.05) is 12.1 Å². The molecular weight excluding hydrogens is 237 g/mol. The number of hydrogen-bond donors (Lipinski definition) is 1. The zero-order valence-corrected chi connectivity index (χ0v) is 9.47. The van der Waals surface area contributed by atoms with Crippen molar-refractivity contribution in [1.29, 1.82) is 0 Å². The molecule has 1 heterocycles. The van der Waals surface area contributed by atoms with Crippen LogP contribution in [0, 0.1) is 12.7 Å². The van der Waals surface area contributed by atoms with E-state index in [2.05, 4.69) is 11.9 Å². The third-order valence-electron chi connectivity index (χ3n) is 2.49. The van der Waals surface area contributed by atoms with Crippen LogP contribution in [0.2, 0.25) is 0 Å². The van der Waals surface area contributed by atoms with Gasteiger partial charge >= 0.3 is 5.97 Å². The van der Waals surface area contributed by atoms with Crippen molar-refractivity contribution in [2.45, 2.75) is 12.3 Å². The first-order valence-corrected chi connectivity index (χ1v) is 5.32. The maximum Gasteiger partial charge on any atom is 0.357 e. The van der Waals surface area contributed by atoms with Gasteiger partial charge in [-0.3, -0.25) is 0 Å². The molecule has 18 heavy (non-hydrogen) atoms. The largest absolute Gasteiger partial charge is 0.476 e. The summed E-state index contributed by atoms with van der Waals surface area (Å²) in [6, 6.07) is 6.02. The highest BCUT2D eigenvalue weighted by molar-refractivity contribution is 5.84. The lowest BCUT2D eigenvalue weighted by atomic mass is 10.0. The van der Waals surface area contributed by atoms with Gasteiger partial charge in [0, 0.05) is 5.92 Å². The Bertz CT molecular complexity index is 548. The molecule has 1 radical (unpaired) electrons. The molecule has 0 aliphatic heterocycles. The number of carbonyl (C=O) groups is 1. The number of nitrogens with zero attached hydrogens (tertiary/aromatic N) is 1. The Hall–Kier alpha value is -2.17. The number of aromatic nitrogens is 1. The van der Waals surface area contributed by atoms with Gasteiger partial charge in [-0.05, 0) is 31.0 Å². The molecule has 1 aromatic heterocycles. The molecule has 0 saturated carbocycles. The summed E-state index contributed by atoms with van der Waals surface area (Å²) in [6.07, 6.45) is 1.58. The van der Waals surface area contributed by atoms with Gasteiger partial charge in [-0.2, -0.15) is 0 Å². The van der Waals surface area contributed by atoms with Gasteiger partial charge in [-0.15, -0.1) is 0 Å². The van der Waals surface area contributed by atoms with E-state index in [1.165, 1.54) is 12.1 Å². The minimum absolute atomic E-state index is 0.141. The molecule has 1 unspecified atom stereocenters. The number of halogens is 1. The highest BCUT2D eigenvalue weighted by Gasteiger charge is 2.16. The Morgan fingerprint density at radius 3 is 2.67 bits per heavy atom. The third-order valence-corrected chi connectivity index (χ3v) is 2.49. The molecule has 5 heteroatoms. The van der Waals surface area contributed by atoms with E-state index in [1.807, 2.05) is 0 Å². The van der Waals surface area contributed by atoms with Gasteiger partial charge < -0.3 is 9.52 Å². The lowest BCUT2D eigenvalue weighted by Crippen LogP contribution is -2.01. The van der Waals surface area contributed by atoms with E-state index in [4.69, 9.17) is 9.52 Å². The number of benzene rings is 1. The average Bonchev–Trinajstić information content (AvgIpc) is 2.81. The molecule has 2 rings (SSSR count). The predicted molar refractivity (Wildman–Crippen MR) is 61.7 cm³/mol. The molecule has 0 aliphatic rings. The van der Waals surface area contributed by atoms with Crippen molar-refractivity contribution < 1.29 is 18.7 Å². The highest BCUT2D eigenvalue weighted by atomic mass is 19.1. The van der Waals surface area contributed by atoms with Crippen molar-refractivity contribution in [2.24, 2.45) is 0 Å². The summed E-state index contributed by atoms with van der Waals surface area (Å²) in [7, 11) is 0. The minimum atomic E-state index is -1.14. The topological polar surface area (TPSA) is 63.3 Å². The Morgan fingerprint density at radius 1 is 1.44 bits per heavy atom. The SMILES string of the molecule is [CH2]C(Cc1ccc(F)cc1)c1nc(C(=O)O)co1. The summed E-state index contributed by atoms with van der Waals surface area (Å²) in [4.78, 5) is 14.5. The van der Waals surface area contributed by atoms with Crippen LogP contribution in [0.4, 0.5) is 4.39 Å². The number of carboxylic acid groups (broad SMARTS) is 1. The van der Waals surface area contributed by atoms with Crippen molar-refractivity contribution in [3.8, 4) is 0 Å². The number of hydrogen-bond acceptors (Lipinski definition) is 3. The van der Waals surface area contributed by atoms with Crippen molar-refractivity contribution in [1.82, 2.24) is 4.98 Å². The quantitative estimate of drug-likeness (QED) is 0.903. The summed E-state index contributed by atoms with van der Waals surface area (Å²) < 4.78 is 17.8.